The Bertz CT molecular complexity index is 1610. The number of amides is 2. The lowest BCUT2D eigenvalue weighted by Gasteiger charge is -2.16. The third-order valence-corrected chi connectivity index (χ3v) is 5.90. The smallest absolute Gasteiger partial charge is 0.408 e. The Balaban J connectivity index is 1.47. The van der Waals surface area contributed by atoms with Gasteiger partial charge in [-0.2, -0.15) is 0 Å². The third-order valence-electron chi connectivity index (χ3n) is 5.90. The van der Waals surface area contributed by atoms with Gasteiger partial charge in [0.05, 0.1) is 10.9 Å². The minimum absolute atomic E-state index is 0.105. The maximum absolute atomic E-state index is 15.3. The van der Waals surface area contributed by atoms with Crippen LogP contribution >= 0.6 is 0 Å². The van der Waals surface area contributed by atoms with Gasteiger partial charge in [0.25, 0.3) is 5.91 Å². The Hall–Kier alpha value is -5.27. The number of carbonyl (C=O) groups is 3. The number of nitrogens with one attached hydrogen (secondary N) is 4. The first kappa shape index (κ1) is 27.8. The molecule has 0 radical (unpaired) electrons. The largest absolute Gasteiger partial charge is 0.480 e. The molecule has 5 N–H and O–H groups in total. The maximum Gasteiger partial charge on any atom is 0.408 e. The quantitative estimate of drug-likeness (QED) is 0.199. The van der Waals surface area contributed by atoms with Gasteiger partial charge in [-0.1, -0.05) is 30.3 Å². The summed E-state index contributed by atoms with van der Waals surface area (Å²) in [5, 5.41) is 16.2. The predicted octanol–water partition coefficient (Wildman–Crippen LogP) is 2.26. The van der Waals surface area contributed by atoms with Gasteiger partial charge < -0.3 is 35.3 Å². The van der Waals surface area contributed by atoms with Crippen molar-refractivity contribution in [2.45, 2.75) is 19.2 Å². The minimum atomic E-state index is -1.59. The number of pyridine rings is 1. The lowest BCUT2D eigenvalue weighted by molar-refractivity contribution is -0.139. The van der Waals surface area contributed by atoms with E-state index in [4.69, 9.17) is 4.74 Å². The Morgan fingerprint density at radius 1 is 1.20 bits per heavy atom. The highest BCUT2D eigenvalue weighted by Crippen LogP contribution is 2.23. The van der Waals surface area contributed by atoms with E-state index in [-0.39, 0.29) is 29.6 Å². The van der Waals surface area contributed by atoms with E-state index in [2.05, 4.69) is 25.9 Å². The van der Waals surface area contributed by atoms with Crippen molar-refractivity contribution in [3.05, 3.63) is 93.5 Å². The zero-order valence-electron chi connectivity index (χ0n) is 21.0. The van der Waals surface area contributed by atoms with Gasteiger partial charge in [0, 0.05) is 44.3 Å². The van der Waals surface area contributed by atoms with Crippen LogP contribution in [0.25, 0.3) is 10.9 Å². The highest BCUT2D eigenvalue weighted by atomic mass is 19.1. The van der Waals surface area contributed by atoms with Crippen molar-refractivity contribution in [2.24, 2.45) is 7.05 Å². The average molecular weight is 555 g/mol. The fourth-order valence-electron chi connectivity index (χ4n) is 3.88. The van der Waals surface area contributed by atoms with Crippen molar-refractivity contribution in [3.8, 4) is 0 Å². The fourth-order valence-corrected chi connectivity index (χ4v) is 3.88. The molecule has 0 aliphatic heterocycles. The van der Waals surface area contributed by atoms with Gasteiger partial charge in [-0.3, -0.25) is 9.59 Å². The number of carboxylic acid groups (broad SMARTS) is 1. The molecule has 1 atom stereocenters. The van der Waals surface area contributed by atoms with Crippen LogP contribution in [0.3, 0.4) is 0 Å². The molecule has 12 nitrogen and oxygen atoms in total. The second kappa shape index (κ2) is 12.1. The number of anilines is 1. The van der Waals surface area contributed by atoms with E-state index < -0.39 is 53.2 Å². The molecule has 1 unspecified atom stereocenters. The Morgan fingerprint density at radius 3 is 2.62 bits per heavy atom. The van der Waals surface area contributed by atoms with Gasteiger partial charge >= 0.3 is 12.1 Å². The number of aliphatic carboxylic acids is 1. The van der Waals surface area contributed by atoms with E-state index in [0.717, 1.165) is 16.8 Å². The number of aryl methyl sites for hydroxylation is 1. The summed E-state index contributed by atoms with van der Waals surface area (Å²) >= 11 is 0. The number of hydrogen-bond acceptors (Lipinski definition) is 7. The maximum atomic E-state index is 15.3. The average Bonchev–Trinajstić information content (AvgIpc) is 3.45. The van der Waals surface area contributed by atoms with Gasteiger partial charge in [0.15, 0.2) is 11.8 Å². The number of aromatic amines is 1. The summed E-state index contributed by atoms with van der Waals surface area (Å²) in [5.74, 6) is -4.19. The van der Waals surface area contributed by atoms with Crippen LogP contribution in [0.15, 0.2) is 59.8 Å². The van der Waals surface area contributed by atoms with Crippen LogP contribution in [0.1, 0.15) is 21.5 Å². The first-order valence-electron chi connectivity index (χ1n) is 11.9. The lowest BCUT2D eigenvalue weighted by Crippen LogP contribution is -2.49. The van der Waals surface area contributed by atoms with Gasteiger partial charge in [0.1, 0.15) is 24.0 Å². The van der Waals surface area contributed by atoms with Crippen LogP contribution in [0.4, 0.5) is 19.5 Å². The van der Waals surface area contributed by atoms with Crippen molar-refractivity contribution in [1.29, 1.82) is 0 Å². The molecule has 14 heteroatoms. The summed E-state index contributed by atoms with van der Waals surface area (Å²) < 4.78 is 36.2. The second-order valence-electron chi connectivity index (χ2n) is 8.63. The van der Waals surface area contributed by atoms with Gasteiger partial charge in [-0.05, 0) is 11.6 Å². The number of hydrogen-bond donors (Lipinski definition) is 5. The van der Waals surface area contributed by atoms with Crippen molar-refractivity contribution in [2.75, 3.05) is 11.9 Å². The van der Waals surface area contributed by atoms with E-state index in [1.54, 1.807) is 30.3 Å². The van der Waals surface area contributed by atoms with E-state index in [1.165, 1.54) is 19.4 Å². The molecule has 2 amide bonds. The Labute approximate surface area is 225 Å². The number of halogens is 2. The number of nitrogens with zero attached hydrogens (tertiary/aromatic N) is 2. The number of ether oxygens (including phenoxy) is 1. The van der Waals surface area contributed by atoms with Crippen LogP contribution in [0.2, 0.25) is 0 Å². The zero-order chi connectivity index (χ0) is 28.8. The van der Waals surface area contributed by atoms with Gasteiger partial charge in [-0.25, -0.2) is 23.4 Å². The molecule has 0 spiro atoms. The minimum Gasteiger partial charge on any atom is -0.480 e. The van der Waals surface area contributed by atoms with E-state index in [9.17, 15) is 28.7 Å². The van der Waals surface area contributed by atoms with Crippen molar-refractivity contribution in [1.82, 2.24) is 25.2 Å². The molecule has 0 saturated heterocycles. The summed E-state index contributed by atoms with van der Waals surface area (Å²) in [6, 6.07) is 7.93. The summed E-state index contributed by atoms with van der Waals surface area (Å²) in [7, 11) is 1.37. The molecule has 0 saturated carbocycles. The molecule has 2 heterocycles. The molecule has 2 aromatic heterocycles. The first-order valence-corrected chi connectivity index (χ1v) is 11.9. The summed E-state index contributed by atoms with van der Waals surface area (Å²) in [5.41, 5.74) is -1.34. The van der Waals surface area contributed by atoms with Gasteiger partial charge in [0.2, 0.25) is 5.43 Å². The highest BCUT2D eigenvalue weighted by molar-refractivity contribution is 5.98. The SMILES string of the molecule is Cn1cc(C(=O)NCC(NC(=O)OCc2ccccc2)C(=O)O)c(=O)c2cc(F)c(CNc3ncc[nH]3)c(F)c21. The monoisotopic (exact) mass is 554 g/mol. The van der Waals surface area contributed by atoms with E-state index in [0.29, 0.717) is 11.5 Å². The molecule has 208 valence electrons. The van der Waals surface area contributed by atoms with Crippen molar-refractivity contribution < 1.29 is 33.0 Å². The molecule has 0 aliphatic rings. The lowest BCUT2D eigenvalue weighted by atomic mass is 10.1. The number of H-pyrrole nitrogens is 1. The molecular weight excluding hydrogens is 530 g/mol. The molecule has 0 aliphatic carbocycles. The number of carbonyl (C=O) groups excluding carboxylic acids is 2. The summed E-state index contributed by atoms with van der Waals surface area (Å²) in [6.07, 6.45) is 3.01. The zero-order valence-corrected chi connectivity index (χ0v) is 21.0. The summed E-state index contributed by atoms with van der Waals surface area (Å²) in [6.45, 7) is -0.975. The number of carboxylic acids is 1. The molecule has 0 bridgehead atoms. The molecular formula is C26H24F2N6O6. The second-order valence-corrected chi connectivity index (χ2v) is 8.63. The molecule has 2 aromatic carbocycles. The molecule has 4 rings (SSSR count). The Kier molecular flexibility index (Phi) is 8.37. The van der Waals surface area contributed by atoms with E-state index >= 15 is 4.39 Å². The standard InChI is InChI=1S/C26H24F2N6O6/c1-34-12-17(22(35)15-9-18(27)16(20(28)21(15)34)10-32-25-29-7-8-30-25)23(36)31-11-19(24(37)38)33-26(39)40-13-14-5-3-2-4-6-14/h2-9,12,19H,10-11,13H2,1H3,(H,31,36)(H,33,39)(H,37,38)(H2,29,30,32). The van der Waals surface area contributed by atoms with Crippen LogP contribution in [0, 0.1) is 11.6 Å². The fraction of sp³-hybridized carbons (Fsp3) is 0.192. The van der Waals surface area contributed by atoms with Crippen LogP contribution in [-0.4, -0.2) is 50.2 Å². The van der Waals surface area contributed by atoms with Crippen LogP contribution in [0.5, 0.6) is 0 Å². The number of imidazole rings is 1. The third kappa shape index (κ3) is 6.23. The number of benzene rings is 2. The number of fused-ring (bicyclic) bond motifs is 1. The normalized spacial score (nSPS) is 11.6. The van der Waals surface area contributed by atoms with E-state index in [1.807, 2.05) is 0 Å². The predicted molar refractivity (Wildman–Crippen MR) is 139 cm³/mol. The number of aromatic nitrogens is 3. The Morgan fingerprint density at radius 2 is 1.95 bits per heavy atom. The number of alkyl carbamates (subject to hydrolysis) is 1. The topological polar surface area (TPSA) is 167 Å². The highest BCUT2D eigenvalue weighted by Gasteiger charge is 2.25. The van der Waals surface area contributed by atoms with Crippen molar-refractivity contribution in [3.63, 3.8) is 0 Å². The van der Waals surface area contributed by atoms with Crippen LogP contribution in [-0.2, 0) is 29.7 Å². The number of rotatable bonds is 10. The molecule has 4 aromatic rings. The molecule has 40 heavy (non-hydrogen) atoms. The van der Waals surface area contributed by atoms with Crippen molar-refractivity contribution >= 4 is 34.8 Å². The van der Waals surface area contributed by atoms with Crippen LogP contribution < -0.4 is 21.4 Å². The molecule has 0 fully saturated rings. The van der Waals surface area contributed by atoms with Gasteiger partial charge in [-0.15, -0.1) is 0 Å². The summed E-state index contributed by atoms with van der Waals surface area (Å²) in [4.78, 5) is 56.1. The first-order chi connectivity index (χ1) is 19.2.